The number of aryl methyl sites for hydroxylation is 2. The maximum atomic E-state index is 11.9. The van der Waals surface area contributed by atoms with E-state index in [0.29, 0.717) is 0 Å². The molecule has 0 amide bonds. The van der Waals surface area contributed by atoms with Crippen LogP contribution in [0, 0.1) is 0 Å². The molecule has 3 rings (SSSR count). The van der Waals surface area contributed by atoms with E-state index in [1.54, 1.807) is 4.70 Å². The molecule has 0 aliphatic carbocycles. The van der Waals surface area contributed by atoms with Crippen LogP contribution in [0.3, 0.4) is 0 Å². The van der Waals surface area contributed by atoms with Crippen LogP contribution in [-0.4, -0.2) is 4.70 Å². The Balaban J connectivity index is 1.73. The summed E-state index contributed by atoms with van der Waals surface area (Å²) < 4.78 is 1.57. The molecule has 43 heavy (non-hydrogen) atoms. The Labute approximate surface area is 265 Å². The van der Waals surface area contributed by atoms with Crippen molar-refractivity contribution in [3.63, 3.8) is 0 Å². The Morgan fingerprint density at radius 1 is 0.442 bits per heavy atom. The van der Waals surface area contributed by atoms with Gasteiger partial charge in [-0.05, 0) is 86.8 Å². The molecule has 0 spiro atoms. The first kappa shape index (κ1) is 35.0. The average molecular weight is 583 g/mol. The third kappa shape index (κ3) is 11.2. The summed E-state index contributed by atoms with van der Waals surface area (Å²) >= 11 is 0. The number of benzene rings is 2. The Bertz CT molecular complexity index is 1170. The van der Waals surface area contributed by atoms with E-state index in [2.05, 4.69) is 76.2 Å². The average Bonchev–Trinajstić information content (AvgIpc) is 3.31. The lowest BCUT2D eigenvalue weighted by atomic mass is 9.91. The standard InChI is InChI=1S/C41H62N2/c1-5-9-13-14-15-16-17-18-19-20-21-25-35-27-23-29-37(33-35)41-39(31-12-8-4)38(30-11-7-3)40(43(41)42)36-28-22-26-34(32-36)24-10-6-2/h22-23,26-29,32-33H,5-21,24-25,30-31H2,1-4H3. The highest BCUT2D eigenvalue weighted by molar-refractivity contribution is 5.82. The second-order valence-electron chi connectivity index (χ2n) is 13.0. The van der Waals surface area contributed by atoms with E-state index in [1.807, 2.05) is 0 Å². The third-order valence-corrected chi connectivity index (χ3v) is 9.21. The predicted molar refractivity (Wildman–Crippen MR) is 188 cm³/mol. The monoisotopic (exact) mass is 582 g/mol. The molecular formula is C41H62N2. The lowest BCUT2D eigenvalue weighted by molar-refractivity contribution is -0.345. The van der Waals surface area contributed by atoms with Gasteiger partial charge in [0.05, 0.1) is 0 Å². The fourth-order valence-corrected chi connectivity index (χ4v) is 6.61. The molecule has 2 nitrogen and oxygen atoms in total. The zero-order valence-electron chi connectivity index (χ0n) is 28.4. The first-order valence-electron chi connectivity index (χ1n) is 18.3. The summed E-state index contributed by atoms with van der Waals surface area (Å²) in [6, 6.07) is 18.0. The maximum Gasteiger partial charge on any atom is 0.211 e. The Kier molecular flexibility index (Phi) is 16.7. The number of nitrogens with zero attached hydrogens (tertiary/aromatic N) is 2. The van der Waals surface area contributed by atoms with Crippen LogP contribution >= 0.6 is 0 Å². The number of allylic oxidation sites excluding steroid dienone is 2. The number of hydrogen-bond donors (Lipinski definition) is 0. The first-order chi connectivity index (χ1) is 21.1. The van der Waals surface area contributed by atoms with Gasteiger partial charge in [-0.3, -0.25) is 0 Å². The van der Waals surface area contributed by atoms with Crippen LogP contribution in [0.2, 0.25) is 0 Å². The lowest BCUT2D eigenvalue weighted by Crippen LogP contribution is -2.03. The SMILES string of the molecule is CCCCCCCCCCCCCc1cccc(C2=C(CCCC)C(CCCC)=C(c3cccc(CCCC)c3)[N+]2=[N-])c1. The van der Waals surface area contributed by atoms with E-state index in [9.17, 15) is 5.53 Å². The van der Waals surface area contributed by atoms with E-state index in [1.165, 1.54) is 111 Å². The van der Waals surface area contributed by atoms with Crippen molar-refractivity contribution in [2.24, 2.45) is 0 Å². The fourth-order valence-electron chi connectivity index (χ4n) is 6.61. The van der Waals surface area contributed by atoms with Crippen molar-refractivity contribution >= 4 is 11.4 Å². The van der Waals surface area contributed by atoms with Gasteiger partial charge in [-0.2, -0.15) is 0 Å². The minimum absolute atomic E-state index is 1.02. The Hall–Kier alpha value is -2.48. The molecule has 0 atom stereocenters. The fraction of sp³-hybridized carbons (Fsp3) is 0.610. The quantitative estimate of drug-likeness (QED) is 0.0920. The van der Waals surface area contributed by atoms with Gasteiger partial charge in [0.25, 0.3) is 0 Å². The zero-order chi connectivity index (χ0) is 30.7. The van der Waals surface area contributed by atoms with Crippen molar-refractivity contribution in [2.75, 3.05) is 0 Å². The van der Waals surface area contributed by atoms with Crippen LogP contribution in [0.5, 0.6) is 0 Å². The molecule has 1 heterocycles. The molecule has 2 aromatic rings. The summed E-state index contributed by atoms with van der Waals surface area (Å²) in [7, 11) is 0. The topological polar surface area (TPSA) is 25.3 Å². The molecular weight excluding hydrogens is 520 g/mol. The van der Waals surface area contributed by atoms with Gasteiger partial charge in [0.1, 0.15) is 0 Å². The van der Waals surface area contributed by atoms with Crippen LogP contribution in [0.1, 0.15) is 172 Å². The molecule has 2 aromatic carbocycles. The van der Waals surface area contributed by atoms with Gasteiger partial charge in [0, 0.05) is 22.3 Å². The highest BCUT2D eigenvalue weighted by Gasteiger charge is 2.35. The Morgan fingerprint density at radius 3 is 1.26 bits per heavy atom. The van der Waals surface area contributed by atoms with Crippen LogP contribution < -0.4 is 0 Å². The zero-order valence-corrected chi connectivity index (χ0v) is 28.4. The number of rotatable bonds is 23. The summed E-state index contributed by atoms with van der Waals surface area (Å²) in [5.41, 5.74) is 21.8. The van der Waals surface area contributed by atoms with Gasteiger partial charge in [-0.25, -0.2) is 4.70 Å². The second-order valence-corrected chi connectivity index (χ2v) is 13.0. The van der Waals surface area contributed by atoms with Crippen molar-refractivity contribution in [3.05, 3.63) is 87.5 Å². The third-order valence-electron chi connectivity index (χ3n) is 9.21. The molecule has 1 aliphatic heterocycles. The molecule has 0 bridgehead atoms. The van der Waals surface area contributed by atoms with Crippen LogP contribution in [0.25, 0.3) is 16.9 Å². The molecule has 0 saturated heterocycles. The van der Waals surface area contributed by atoms with E-state index in [-0.39, 0.29) is 0 Å². The molecule has 2 heteroatoms. The van der Waals surface area contributed by atoms with Gasteiger partial charge in [-0.15, -0.1) is 0 Å². The summed E-state index contributed by atoms with van der Waals surface area (Å²) in [5, 5.41) is 0. The lowest BCUT2D eigenvalue weighted by Gasteiger charge is -2.12. The van der Waals surface area contributed by atoms with Gasteiger partial charge in [0.15, 0.2) is 0 Å². The predicted octanol–water partition coefficient (Wildman–Crippen LogP) is 13.4. The van der Waals surface area contributed by atoms with Crippen LogP contribution in [0.4, 0.5) is 0 Å². The number of unbranched alkanes of at least 4 members (excludes halogenated alkanes) is 13. The summed E-state index contributed by atoms with van der Waals surface area (Å²) in [4.78, 5) is 0. The molecule has 1 aliphatic rings. The molecule has 0 aromatic heterocycles. The smallest absolute Gasteiger partial charge is 0.211 e. The normalized spacial score (nSPS) is 13.5. The maximum absolute atomic E-state index is 11.9. The van der Waals surface area contributed by atoms with Gasteiger partial charge in [-0.1, -0.05) is 135 Å². The Morgan fingerprint density at radius 2 is 0.814 bits per heavy atom. The highest BCUT2D eigenvalue weighted by atomic mass is 15.2. The number of hydrogen-bond acceptors (Lipinski definition) is 0. The molecule has 0 N–H and O–H groups in total. The molecule has 236 valence electrons. The molecule has 0 unspecified atom stereocenters. The summed E-state index contributed by atoms with van der Waals surface area (Å²) in [6.45, 7) is 9.09. The van der Waals surface area contributed by atoms with Crippen molar-refractivity contribution in [3.8, 4) is 0 Å². The molecule has 0 radical (unpaired) electrons. The van der Waals surface area contributed by atoms with Crippen molar-refractivity contribution < 1.29 is 4.70 Å². The van der Waals surface area contributed by atoms with Crippen LogP contribution in [-0.2, 0) is 12.8 Å². The van der Waals surface area contributed by atoms with Gasteiger partial charge >= 0.3 is 0 Å². The largest absolute Gasteiger partial charge is 0.493 e. The van der Waals surface area contributed by atoms with Crippen molar-refractivity contribution in [2.45, 2.75) is 163 Å². The van der Waals surface area contributed by atoms with Crippen molar-refractivity contribution in [1.29, 1.82) is 0 Å². The van der Waals surface area contributed by atoms with Gasteiger partial charge < -0.3 is 5.53 Å². The van der Waals surface area contributed by atoms with Gasteiger partial charge in [0.2, 0.25) is 11.4 Å². The van der Waals surface area contributed by atoms with E-state index in [0.717, 1.165) is 68.3 Å². The summed E-state index contributed by atoms with van der Waals surface area (Å²) in [5.74, 6) is 0. The highest BCUT2D eigenvalue weighted by Crippen LogP contribution is 2.44. The van der Waals surface area contributed by atoms with E-state index in [4.69, 9.17) is 0 Å². The molecule has 0 fully saturated rings. The van der Waals surface area contributed by atoms with E-state index < -0.39 is 0 Å². The second kappa shape index (κ2) is 20.5. The minimum Gasteiger partial charge on any atom is -0.493 e. The summed E-state index contributed by atoms with van der Waals surface area (Å²) in [6.07, 6.45) is 26.4. The van der Waals surface area contributed by atoms with Crippen LogP contribution in [0.15, 0.2) is 59.7 Å². The molecule has 0 saturated carbocycles. The first-order valence-corrected chi connectivity index (χ1v) is 18.3. The van der Waals surface area contributed by atoms with E-state index >= 15 is 0 Å². The van der Waals surface area contributed by atoms with Crippen molar-refractivity contribution in [1.82, 2.24) is 0 Å². The minimum atomic E-state index is 1.02.